The molecule has 11 heteroatoms. The number of nitrogens with zero attached hydrogens (tertiary/aromatic N) is 2. The molecule has 1 saturated heterocycles. The lowest BCUT2D eigenvalue weighted by Gasteiger charge is -2.30. The van der Waals surface area contributed by atoms with Crippen molar-refractivity contribution in [1.82, 2.24) is 15.8 Å². The maximum Gasteiger partial charge on any atom is 0.344 e. The van der Waals surface area contributed by atoms with Gasteiger partial charge in [-0.3, -0.25) is 19.3 Å². The largest absolute Gasteiger partial charge is 0.495 e. The number of urea groups is 1. The Balaban J connectivity index is 1.49. The summed E-state index contributed by atoms with van der Waals surface area (Å²) in [6.07, 6.45) is 3.73. The molecule has 1 aliphatic heterocycles. The Kier molecular flexibility index (Phi) is 6.22. The summed E-state index contributed by atoms with van der Waals surface area (Å²) >= 11 is 0. The lowest BCUT2D eigenvalue weighted by Crippen LogP contribution is -2.50. The van der Waals surface area contributed by atoms with Crippen molar-refractivity contribution in [1.29, 1.82) is 0 Å². The van der Waals surface area contributed by atoms with Gasteiger partial charge in [-0.25, -0.2) is 13.2 Å². The molecule has 1 aliphatic carbocycles. The highest BCUT2D eigenvalue weighted by Crippen LogP contribution is 2.33. The fourth-order valence-corrected chi connectivity index (χ4v) is 5.54. The zero-order valence-corrected chi connectivity index (χ0v) is 19.7. The zero-order valence-electron chi connectivity index (χ0n) is 18.9. The Morgan fingerprint density at radius 3 is 2.35 bits per heavy atom. The molecule has 10 nitrogen and oxygen atoms in total. The van der Waals surface area contributed by atoms with Crippen LogP contribution in [0.1, 0.15) is 42.5 Å². The number of carbonyl (C=O) groups excluding carboxylic acids is 3. The maximum absolute atomic E-state index is 13.1. The van der Waals surface area contributed by atoms with Gasteiger partial charge in [0.05, 0.1) is 17.7 Å². The first-order valence-electron chi connectivity index (χ1n) is 10.9. The first-order chi connectivity index (χ1) is 16.2. The van der Waals surface area contributed by atoms with E-state index in [1.165, 1.54) is 38.4 Å². The normalized spacial score (nSPS) is 17.4. The summed E-state index contributed by atoms with van der Waals surface area (Å²) in [5, 5.41) is 3.44. The van der Waals surface area contributed by atoms with Crippen LogP contribution in [0.5, 0.6) is 5.75 Å². The molecule has 34 heavy (non-hydrogen) atoms. The van der Waals surface area contributed by atoms with Crippen molar-refractivity contribution in [3.8, 4) is 5.75 Å². The molecule has 1 spiro atoms. The number of para-hydroxylation sites is 2. The third kappa shape index (κ3) is 4.07. The third-order valence-corrected chi connectivity index (χ3v) is 8.07. The molecule has 0 radical (unpaired) electrons. The number of hydrazine groups is 1. The molecule has 2 N–H and O–H groups in total. The predicted molar refractivity (Wildman–Crippen MR) is 124 cm³/mol. The standard InChI is InChI=1S/C23H26N4O6S/c1-26(18-8-4-5-9-19(18)33-2)34(31,32)17-12-10-16(11-13-17)20(28)25-27-21(29)23(24-22(27)30)14-6-3-7-15-23/h4-5,8-13H,3,6-7,14-15H2,1-2H3,(H,24,30)(H,25,28). The number of methoxy groups -OCH3 is 1. The minimum atomic E-state index is -3.93. The summed E-state index contributed by atoms with van der Waals surface area (Å²) in [7, 11) is -1.07. The Morgan fingerprint density at radius 1 is 1.06 bits per heavy atom. The van der Waals surface area contributed by atoms with Crippen molar-refractivity contribution in [3.05, 3.63) is 54.1 Å². The van der Waals surface area contributed by atoms with Crippen LogP contribution >= 0.6 is 0 Å². The number of rotatable bonds is 6. The highest BCUT2D eigenvalue weighted by Gasteiger charge is 2.52. The van der Waals surface area contributed by atoms with Gasteiger partial charge in [-0.2, -0.15) is 5.01 Å². The predicted octanol–water partition coefficient (Wildman–Crippen LogP) is 2.42. The van der Waals surface area contributed by atoms with Gasteiger partial charge in [0.1, 0.15) is 11.3 Å². The maximum atomic E-state index is 13.1. The number of nitrogens with one attached hydrogen (secondary N) is 2. The van der Waals surface area contributed by atoms with Gasteiger partial charge in [0.2, 0.25) is 0 Å². The number of hydrogen-bond acceptors (Lipinski definition) is 6. The Labute approximate surface area is 197 Å². The number of sulfonamides is 1. The fourth-order valence-electron chi connectivity index (χ4n) is 4.34. The van der Waals surface area contributed by atoms with E-state index in [9.17, 15) is 22.8 Å². The van der Waals surface area contributed by atoms with E-state index in [2.05, 4.69) is 10.7 Å². The highest BCUT2D eigenvalue weighted by molar-refractivity contribution is 7.92. The quantitative estimate of drug-likeness (QED) is 0.604. The highest BCUT2D eigenvalue weighted by atomic mass is 32.2. The molecule has 0 aromatic heterocycles. The van der Waals surface area contributed by atoms with Crippen LogP contribution in [0, 0.1) is 0 Å². The molecule has 0 bridgehead atoms. The summed E-state index contributed by atoms with van der Waals surface area (Å²) in [5.41, 5.74) is 1.85. The van der Waals surface area contributed by atoms with Gasteiger partial charge < -0.3 is 10.1 Å². The SMILES string of the molecule is COc1ccccc1N(C)S(=O)(=O)c1ccc(C(=O)NN2C(=O)NC3(CCCCC3)C2=O)cc1. The van der Waals surface area contributed by atoms with Gasteiger partial charge in [-0.1, -0.05) is 31.4 Å². The summed E-state index contributed by atoms with van der Waals surface area (Å²) < 4.78 is 32.5. The summed E-state index contributed by atoms with van der Waals surface area (Å²) in [4.78, 5) is 37.9. The number of carbonyl (C=O) groups is 3. The molecule has 2 fully saturated rings. The van der Waals surface area contributed by atoms with Crippen molar-refractivity contribution >= 4 is 33.6 Å². The number of imide groups is 1. The van der Waals surface area contributed by atoms with E-state index in [1.807, 2.05) is 0 Å². The molecule has 0 unspecified atom stereocenters. The van der Waals surface area contributed by atoms with Gasteiger partial charge in [-0.05, 0) is 49.2 Å². The van der Waals surface area contributed by atoms with Crippen LogP contribution in [-0.4, -0.2) is 51.0 Å². The average Bonchev–Trinajstić information content (AvgIpc) is 3.07. The number of anilines is 1. The second-order valence-corrected chi connectivity index (χ2v) is 10.3. The van der Waals surface area contributed by atoms with Gasteiger partial charge in [0.15, 0.2) is 0 Å². The molecule has 1 saturated carbocycles. The van der Waals surface area contributed by atoms with E-state index in [0.29, 0.717) is 29.3 Å². The van der Waals surface area contributed by atoms with E-state index in [-0.39, 0.29) is 10.5 Å². The number of ether oxygens (including phenoxy) is 1. The molecule has 1 heterocycles. The van der Waals surface area contributed by atoms with E-state index < -0.39 is 33.4 Å². The van der Waals surface area contributed by atoms with Crippen molar-refractivity contribution in [2.24, 2.45) is 0 Å². The molecule has 2 aromatic rings. The van der Waals surface area contributed by atoms with Crippen LogP contribution in [0.15, 0.2) is 53.4 Å². The molecule has 4 rings (SSSR count). The van der Waals surface area contributed by atoms with Gasteiger partial charge in [0, 0.05) is 12.6 Å². The van der Waals surface area contributed by atoms with Crippen molar-refractivity contribution < 1.29 is 27.5 Å². The van der Waals surface area contributed by atoms with Gasteiger partial charge in [0.25, 0.3) is 21.8 Å². The minimum absolute atomic E-state index is 0.0337. The molecule has 4 amide bonds. The topological polar surface area (TPSA) is 125 Å². The number of benzene rings is 2. The summed E-state index contributed by atoms with van der Waals surface area (Å²) in [5.74, 6) is -0.768. The van der Waals surface area contributed by atoms with Crippen LogP contribution in [-0.2, 0) is 14.8 Å². The molecule has 180 valence electrons. The van der Waals surface area contributed by atoms with E-state index in [4.69, 9.17) is 4.74 Å². The lowest BCUT2D eigenvalue weighted by molar-refractivity contribution is -0.134. The lowest BCUT2D eigenvalue weighted by atomic mass is 9.82. The average molecular weight is 487 g/mol. The number of hydrogen-bond donors (Lipinski definition) is 2. The first kappa shape index (κ1) is 23.6. The van der Waals surface area contributed by atoms with E-state index >= 15 is 0 Å². The van der Waals surface area contributed by atoms with Crippen LogP contribution in [0.4, 0.5) is 10.5 Å². The zero-order chi connectivity index (χ0) is 24.5. The second-order valence-electron chi connectivity index (χ2n) is 8.32. The monoisotopic (exact) mass is 486 g/mol. The van der Waals surface area contributed by atoms with Crippen LogP contribution in [0.25, 0.3) is 0 Å². The molecule has 2 aromatic carbocycles. The van der Waals surface area contributed by atoms with E-state index in [1.54, 1.807) is 24.3 Å². The van der Waals surface area contributed by atoms with Gasteiger partial charge in [-0.15, -0.1) is 0 Å². The van der Waals surface area contributed by atoms with E-state index in [0.717, 1.165) is 23.6 Å². The molecule has 2 aliphatic rings. The fraction of sp³-hybridized carbons (Fsp3) is 0.348. The Morgan fingerprint density at radius 2 is 1.71 bits per heavy atom. The third-order valence-electron chi connectivity index (χ3n) is 6.28. The number of amides is 4. The summed E-state index contributed by atoms with van der Waals surface area (Å²) in [6.45, 7) is 0. The molecular weight excluding hydrogens is 460 g/mol. The van der Waals surface area contributed by atoms with Crippen molar-refractivity contribution in [3.63, 3.8) is 0 Å². The smallest absolute Gasteiger partial charge is 0.344 e. The Bertz CT molecular complexity index is 1220. The minimum Gasteiger partial charge on any atom is -0.495 e. The molecule has 0 atom stereocenters. The second kappa shape index (κ2) is 8.98. The van der Waals surface area contributed by atoms with Crippen LogP contribution in [0.3, 0.4) is 0 Å². The Hall–Kier alpha value is -3.60. The van der Waals surface area contributed by atoms with Crippen molar-refractivity contribution in [2.75, 3.05) is 18.5 Å². The van der Waals surface area contributed by atoms with Crippen LogP contribution < -0.4 is 19.8 Å². The first-order valence-corrected chi connectivity index (χ1v) is 12.3. The van der Waals surface area contributed by atoms with Gasteiger partial charge >= 0.3 is 6.03 Å². The summed E-state index contributed by atoms with van der Waals surface area (Å²) in [6, 6.07) is 11.3. The van der Waals surface area contributed by atoms with Crippen molar-refractivity contribution in [2.45, 2.75) is 42.5 Å². The molecular formula is C23H26N4O6S. The van der Waals surface area contributed by atoms with Crippen LogP contribution in [0.2, 0.25) is 0 Å².